The summed E-state index contributed by atoms with van der Waals surface area (Å²) in [4.78, 5) is 8.24. The Labute approximate surface area is 146 Å². The topological polar surface area (TPSA) is 49.8 Å². The van der Waals surface area contributed by atoms with Crippen LogP contribution in [0.25, 0.3) is 0 Å². The smallest absolute Gasteiger partial charge is 0.196 e. The summed E-state index contributed by atoms with van der Waals surface area (Å²) in [5.41, 5.74) is 0.187. The van der Waals surface area contributed by atoms with Gasteiger partial charge in [0, 0.05) is 18.2 Å². The molecule has 2 N–H and O–H groups in total. The third-order valence-corrected chi connectivity index (χ3v) is 3.55. The first kappa shape index (κ1) is 17.7. The molecule has 2 aromatic carbocycles. The van der Waals surface area contributed by atoms with E-state index in [0.717, 1.165) is 12.1 Å². The Morgan fingerprint density at radius 1 is 0.846 bits per heavy atom. The fraction of sp³-hybridized carbons (Fsp3) is 0.111. The molecule has 8 heteroatoms. The number of anilines is 3. The van der Waals surface area contributed by atoms with Crippen LogP contribution in [0, 0.1) is 30.2 Å². The summed E-state index contributed by atoms with van der Waals surface area (Å²) in [5, 5.41) is 5.53. The lowest BCUT2D eigenvalue weighted by molar-refractivity contribution is 0.449. The molecule has 0 aliphatic carbocycles. The van der Waals surface area contributed by atoms with E-state index in [2.05, 4.69) is 20.6 Å². The minimum atomic E-state index is -1.57. The van der Waals surface area contributed by atoms with Crippen LogP contribution < -0.4 is 10.6 Å². The van der Waals surface area contributed by atoms with Gasteiger partial charge in [-0.25, -0.2) is 27.5 Å². The SMILES string of the molecule is Cc1nc(NCc2ccccc2F)cc(Nc2ccc(F)c(F)c2F)n1. The fourth-order valence-electron chi connectivity index (χ4n) is 2.31. The fourth-order valence-corrected chi connectivity index (χ4v) is 2.31. The van der Waals surface area contributed by atoms with Crippen LogP contribution in [0.5, 0.6) is 0 Å². The Morgan fingerprint density at radius 2 is 1.58 bits per heavy atom. The third-order valence-electron chi connectivity index (χ3n) is 3.55. The van der Waals surface area contributed by atoms with E-state index in [1.807, 2.05) is 0 Å². The first-order valence-corrected chi connectivity index (χ1v) is 7.67. The Hall–Kier alpha value is -3.16. The second-order valence-corrected chi connectivity index (χ2v) is 5.48. The first-order valence-electron chi connectivity index (χ1n) is 7.67. The average molecular weight is 362 g/mol. The van der Waals surface area contributed by atoms with Crippen molar-refractivity contribution >= 4 is 17.3 Å². The molecule has 0 fully saturated rings. The van der Waals surface area contributed by atoms with Gasteiger partial charge in [0.05, 0.1) is 5.69 Å². The van der Waals surface area contributed by atoms with E-state index in [4.69, 9.17) is 0 Å². The van der Waals surface area contributed by atoms with Gasteiger partial charge in [0.15, 0.2) is 17.5 Å². The van der Waals surface area contributed by atoms with Gasteiger partial charge in [-0.2, -0.15) is 0 Å². The molecule has 3 aromatic rings. The van der Waals surface area contributed by atoms with Crippen LogP contribution in [0.4, 0.5) is 34.9 Å². The van der Waals surface area contributed by atoms with Crippen LogP contribution in [0.2, 0.25) is 0 Å². The van der Waals surface area contributed by atoms with Crippen molar-refractivity contribution in [1.29, 1.82) is 0 Å². The van der Waals surface area contributed by atoms with Gasteiger partial charge in [-0.3, -0.25) is 0 Å². The molecular weight excluding hydrogens is 348 g/mol. The monoisotopic (exact) mass is 362 g/mol. The predicted molar refractivity (Wildman–Crippen MR) is 90.1 cm³/mol. The lowest BCUT2D eigenvalue weighted by Gasteiger charge is -2.11. The Bertz CT molecular complexity index is 946. The number of benzene rings is 2. The van der Waals surface area contributed by atoms with E-state index in [1.54, 1.807) is 25.1 Å². The Kier molecular flexibility index (Phi) is 5.01. The number of nitrogens with one attached hydrogen (secondary N) is 2. The van der Waals surface area contributed by atoms with Crippen molar-refractivity contribution < 1.29 is 17.6 Å². The Morgan fingerprint density at radius 3 is 2.35 bits per heavy atom. The quantitative estimate of drug-likeness (QED) is 0.510. The van der Waals surface area contributed by atoms with Crippen LogP contribution in [0.1, 0.15) is 11.4 Å². The van der Waals surface area contributed by atoms with Gasteiger partial charge in [-0.15, -0.1) is 0 Å². The zero-order valence-corrected chi connectivity index (χ0v) is 13.7. The van der Waals surface area contributed by atoms with E-state index in [-0.39, 0.29) is 23.9 Å². The van der Waals surface area contributed by atoms with Gasteiger partial charge in [0.1, 0.15) is 23.3 Å². The largest absolute Gasteiger partial charge is 0.366 e. The molecule has 0 unspecified atom stereocenters. The standard InChI is InChI=1S/C18H14F4N4/c1-10-24-15(23-9-11-4-2-3-5-12(11)19)8-16(25-10)26-14-7-6-13(20)17(21)18(14)22/h2-8H,9H2,1H3,(H2,23,24,25,26). The highest BCUT2D eigenvalue weighted by Gasteiger charge is 2.14. The second kappa shape index (κ2) is 7.38. The molecular formula is C18H14F4N4. The zero-order valence-electron chi connectivity index (χ0n) is 13.7. The number of hydrogen-bond acceptors (Lipinski definition) is 4. The van der Waals surface area contributed by atoms with Gasteiger partial charge in [0.25, 0.3) is 0 Å². The minimum Gasteiger partial charge on any atom is -0.366 e. The number of aromatic nitrogens is 2. The molecule has 0 saturated carbocycles. The molecule has 0 saturated heterocycles. The van der Waals surface area contributed by atoms with Crippen LogP contribution in [0.15, 0.2) is 42.5 Å². The highest BCUT2D eigenvalue weighted by molar-refractivity contribution is 5.60. The molecule has 0 atom stereocenters. The molecule has 1 heterocycles. The second-order valence-electron chi connectivity index (χ2n) is 5.48. The maximum absolute atomic E-state index is 13.8. The molecule has 4 nitrogen and oxygen atoms in total. The lowest BCUT2D eigenvalue weighted by atomic mass is 10.2. The van der Waals surface area contributed by atoms with Crippen LogP contribution in [-0.4, -0.2) is 9.97 Å². The van der Waals surface area contributed by atoms with Gasteiger partial charge in [0.2, 0.25) is 0 Å². The van der Waals surface area contributed by atoms with E-state index in [1.165, 1.54) is 12.1 Å². The molecule has 0 aliphatic rings. The summed E-state index contributed by atoms with van der Waals surface area (Å²) >= 11 is 0. The minimum absolute atomic E-state index is 0.179. The zero-order chi connectivity index (χ0) is 18.7. The molecule has 0 spiro atoms. The van der Waals surface area contributed by atoms with Crippen molar-refractivity contribution in [3.8, 4) is 0 Å². The summed E-state index contributed by atoms with van der Waals surface area (Å²) in [6.45, 7) is 1.79. The van der Waals surface area contributed by atoms with Gasteiger partial charge < -0.3 is 10.6 Å². The van der Waals surface area contributed by atoms with Crippen molar-refractivity contribution in [1.82, 2.24) is 9.97 Å². The molecule has 26 heavy (non-hydrogen) atoms. The number of hydrogen-bond donors (Lipinski definition) is 2. The molecule has 1 aromatic heterocycles. The summed E-state index contributed by atoms with van der Waals surface area (Å²) in [7, 11) is 0. The van der Waals surface area contributed by atoms with Gasteiger partial charge in [-0.1, -0.05) is 18.2 Å². The van der Waals surface area contributed by atoms with Crippen molar-refractivity contribution in [2.24, 2.45) is 0 Å². The number of rotatable bonds is 5. The molecule has 3 rings (SSSR count). The van der Waals surface area contributed by atoms with Crippen molar-refractivity contribution in [2.45, 2.75) is 13.5 Å². The van der Waals surface area contributed by atoms with Gasteiger partial charge >= 0.3 is 0 Å². The van der Waals surface area contributed by atoms with Crippen molar-refractivity contribution in [3.63, 3.8) is 0 Å². The number of nitrogens with zero attached hydrogens (tertiary/aromatic N) is 2. The van der Waals surface area contributed by atoms with Crippen molar-refractivity contribution in [3.05, 3.63) is 77.1 Å². The summed E-state index contributed by atoms with van der Waals surface area (Å²) in [6.07, 6.45) is 0. The molecule has 0 amide bonds. The first-order chi connectivity index (χ1) is 12.4. The molecule has 134 valence electrons. The maximum Gasteiger partial charge on any atom is 0.196 e. The van der Waals surface area contributed by atoms with Gasteiger partial charge in [-0.05, 0) is 25.1 Å². The van der Waals surface area contributed by atoms with Crippen molar-refractivity contribution in [2.75, 3.05) is 10.6 Å². The summed E-state index contributed by atoms with van der Waals surface area (Å²) in [5.74, 6) is -3.65. The van der Waals surface area contributed by atoms with E-state index >= 15 is 0 Å². The third kappa shape index (κ3) is 3.90. The van der Waals surface area contributed by atoms with E-state index in [9.17, 15) is 17.6 Å². The predicted octanol–water partition coefficient (Wildman–Crippen LogP) is 4.70. The van der Waals surface area contributed by atoms with Crippen LogP contribution in [0.3, 0.4) is 0 Å². The normalized spacial score (nSPS) is 10.7. The summed E-state index contributed by atoms with van der Waals surface area (Å²) < 4.78 is 53.8. The highest BCUT2D eigenvalue weighted by atomic mass is 19.2. The number of halogens is 4. The van der Waals surface area contributed by atoms with E-state index in [0.29, 0.717) is 17.2 Å². The number of aryl methyl sites for hydroxylation is 1. The van der Waals surface area contributed by atoms with E-state index < -0.39 is 17.5 Å². The highest BCUT2D eigenvalue weighted by Crippen LogP contribution is 2.24. The maximum atomic E-state index is 13.8. The van der Waals surface area contributed by atoms with Crippen LogP contribution >= 0.6 is 0 Å². The molecule has 0 aliphatic heterocycles. The average Bonchev–Trinajstić information content (AvgIpc) is 2.61. The molecule has 0 bridgehead atoms. The lowest BCUT2D eigenvalue weighted by Crippen LogP contribution is -2.07. The Balaban J connectivity index is 1.80. The van der Waals surface area contributed by atoms with Crippen LogP contribution in [-0.2, 0) is 6.54 Å². The molecule has 0 radical (unpaired) electrons. The summed E-state index contributed by atoms with van der Waals surface area (Å²) in [6, 6.07) is 9.61.